The Labute approximate surface area is 150 Å². The Morgan fingerprint density at radius 2 is 2.04 bits per heavy atom. The third kappa shape index (κ3) is 3.74. The van der Waals surface area contributed by atoms with Crippen molar-refractivity contribution in [1.29, 1.82) is 0 Å². The van der Waals surface area contributed by atoms with E-state index in [-0.39, 0.29) is 11.4 Å². The standard InChI is InChI=1S/C17H11N3O7/c21-15-14(20(25)26)16(22)19-13(18-15)7-5-11-4-6-12(27-11)9-2-1-3-10(8-9)17(23)24/h1-8H,(H,23,24)(H2,18,19,21,22). The molecular formula is C17H11N3O7. The number of H-pyrrole nitrogens is 1. The Balaban J connectivity index is 1.86. The summed E-state index contributed by atoms with van der Waals surface area (Å²) in [6.07, 6.45) is 2.72. The van der Waals surface area contributed by atoms with E-state index in [4.69, 9.17) is 9.52 Å². The Morgan fingerprint density at radius 3 is 2.70 bits per heavy atom. The van der Waals surface area contributed by atoms with E-state index in [1.54, 1.807) is 24.3 Å². The van der Waals surface area contributed by atoms with Gasteiger partial charge in [0.05, 0.1) is 10.5 Å². The summed E-state index contributed by atoms with van der Waals surface area (Å²) in [4.78, 5) is 37.9. The normalized spacial score (nSPS) is 11.0. The lowest BCUT2D eigenvalue weighted by Crippen LogP contribution is -2.14. The summed E-state index contributed by atoms with van der Waals surface area (Å²) >= 11 is 0. The van der Waals surface area contributed by atoms with Crippen LogP contribution >= 0.6 is 0 Å². The molecule has 0 spiro atoms. The molecule has 0 bridgehead atoms. The summed E-state index contributed by atoms with van der Waals surface area (Å²) < 4.78 is 5.58. The molecule has 0 saturated carbocycles. The first-order valence-electron chi connectivity index (χ1n) is 7.44. The molecule has 10 nitrogen and oxygen atoms in total. The van der Waals surface area contributed by atoms with Crippen molar-refractivity contribution in [1.82, 2.24) is 9.97 Å². The number of carboxylic acids is 1. The largest absolute Gasteiger partial charge is 0.488 e. The molecule has 3 aromatic rings. The Bertz CT molecular complexity index is 1130. The quantitative estimate of drug-likeness (QED) is 0.457. The molecule has 3 N–H and O–H groups in total. The van der Waals surface area contributed by atoms with E-state index in [1.165, 1.54) is 24.3 Å². The number of aromatic nitrogens is 2. The van der Waals surface area contributed by atoms with Crippen LogP contribution in [-0.4, -0.2) is 31.1 Å². The first kappa shape index (κ1) is 17.6. The summed E-state index contributed by atoms with van der Waals surface area (Å²) in [5.41, 5.74) is -1.44. The van der Waals surface area contributed by atoms with Gasteiger partial charge < -0.3 is 19.6 Å². The van der Waals surface area contributed by atoms with Crippen molar-refractivity contribution in [2.45, 2.75) is 0 Å². The average Bonchev–Trinajstić information content (AvgIpc) is 3.08. The van der Waals surface area contributed by atoms with Gasteiger partial charge in [0.25, 0.3) is 5.88 Å². The van der Waals surface area contributed by atoms with Crippen molar-refractivity contribution in [3.63, 3.8) is 0 Å². The van der Waals surface area contributed by atoms with Crippen molar-refractivity contribution in [2.24, 2.45) is 0 Å². The van der Waals surface area contributed by atoms with Crippen LogP contribution in [-0.2, 0) is 0 Å². The van der Waals surface area contributed by atoms with Crippen LogP contribution in [0, 0.1) is 10.1 Å². The third-order valence-corrected chi connectivity index (χ3v) is 3.50. The summed E-state index contributed by atoms with van der Waals surface area (Å²) in [7, 11) is 0. The van der Waals surface area contributed by atoms with Crippen LogP contribution in [0.3, 0.4) is 0 Å². The molecule has 0 aliphatic carbocycles. The zero-order chi connectivity index (χ0) is 19.6. The number of carbonyl (C=O) groups is 1. The van der Waals surface area contributed by atoms with Crippen LogP contribution < -0.4 is 5.56 Å². The van der Waals surface area contributed by atoms with Crippen molar-refractivity contribution in [3.8, 4) is 17.2 Å². The number of rotatable bonds is 5. The molecule has 10 heteroatoms. The minimum atomic E-state index is -1.09. The summed E-state index contributed by atoms with van der Waals surface area (Å²) in [5, 5.41) is 29.2. The maximum absolute atomic E-state index is 11.6. The lowest BCUT2D eigenvalue weighted by atomic mass is 10.1. The minimum Gasteiger partial charge on any atom is -0.488 e. The third-order valence-electron chi connectivity index (χ3n) is 3.50. The second-order valence-corrected chi connectivity index (χ2v) is 5.30. The highest BCUT2D eigenvalue weighted by molar-refractivity contribution is 5.89. The number of nitrogens with one attached hydrogen (secondary N) is 1. The van der Waals surface area contributed by atoms with Crippen molar-refractivity contribution in [2.75, 3.05) is 0 Å². The first-order valence-corrected chi connectivity index (χ1v) is 7.44. The Hall–Kier alpha value is -4.21. The van der Waals surface area contributed by atoms with E-state index in [1.807, 2.05) is 0 Å². The van der Waals surface area contributed by atoms with Gasteiger partial charge >= 0.3 is 17.2 Å². The Kier molecular flexibility index (Phi) is 4.54. The van der Waals surface area contributed by atoms with Crippen molar-refractivity contribution in [3.05, 3.63) is 74.0 Å². The highest BCUT2D eigenvalue weighted by Crippen LogP contribution is 2.24. The van der Waals surface area contributed by atoms with Gasteiger partial charge in [-0.3, -0.25) is 14.9 Å². The lowest BCUT2D eigenvalue weighted by Gasteiger charge is -1.99. The molecule has 0 amide bonds. The fourth-order valence-electron chi connectivity index (χ4n) is 2.28. The number of furan rings is 1. The zero-order valence-electron chi connectivity index (χ0n) is 13.4. The van der Waals surface area contributed by atoms with Gasteiger partial charge in [0.15, 0.2) is 0 Å². The molecule has 3 rings (SSSR count). The van der Waals surface area contributed by atoms with E-state index < -0.39 is 28.0 Å². The van der Waals surface area contributed by atoms with Gasteiger partial charge in [-0.15, -0.1) is 0 Å². The van der Waals surface area contributed by atoms with Gasteiger partial charge in [-0.25, -0.2) is 4.79 Å². The van der Waals surface area contributed by atoms with Crippen molar-refractivity contribution < 1.29 is 24.3 Å². The van der Waals surface area contributed by atoms with Crippen LogP contribution in [0.1, 0.15) is 21.9 Å². The smallest absolute Gasteiger partial charge is 0.395 e. The monoisotopic (exact) mass is 369 g/mol. The fraction of sp³-hybridized carbons (Fsp3) is 0. The van der Waals surface area contributed by atoms with Crippen molar-refractivity contribution >= 4 is 23.8 Å². The number of nitrogens with zero attached hydrogens (tertiary/aromatic N) is 2. The SMILES string of the molecule is O=C(O)c1cccc(-c2ccc(C=Cc3nc(O)c([N+](=O)[O-])c(=O)[nH]3)o2)c1. The number of aromatic carboxylic acids is 1. The minimum absolute atomic E-state index is 0.103. The highest BCUT2D eigenvalue weighted by atomic mass is 16.6. The molecule has 0 radical (unpaired) electrons. The summed E-state index contributed by atoms with van der Waals surface area (Å²) in [5.74, 6) is -1.38. The first-order chi connectivity index (χ1) is 12.8. The zero-order valence-corrected chi connectivity index (χ0v) is 13.4. The van der Waals surface area contributed by atoms with Gasteiger partial charge in [0, 0.05) is 5.56 Å². The van der Waals surface area contributed by atoms with Crippen LogP contribution in [0.4, 0.5) is 5.69 Å². The molecule has 0 atom stereocenters. The van der Waals surface area contributed by atoms with Crippen LogP contribution in [0.5, 0.6) is 5.88 Å². The van der Waals surface area contributed by atoms with Gasteiger partial charge in [0.2, 0.25) is 0 Å². The molecule has 0 unspecified atom stereocenters. The van der Waals surface area contributed by atoms with Gasteiger partial charge in [-0.05, 0) is 36.4 Å². The predicted molar refractivity (Wildman–Crippen MR) is 93.2 cm³/mol. The van der Waals surface area contributed by atoms with Crippen LogP contribution in [0.2, 0.25) is 0 Å². The van der Waals surface area contributed by atoms with Gasteiger partial charge in [-0.2, -0.15) is 4.98 Å². The van der Waals surface area contributed by atoms with Crippen LogP contribution in [0.15, 0.2) is 45.6 Å². The predicted octanol–water partition coefficient (Wildman–Crippen LogP) is 2.51. The molecule has 0 aliphatic heterocycles. The lowest BCUT2D eigenvalue weighted by molar-refractivity contribution is -0.387. The van der Waals surface area contributed by atoms with Gasteiger partial charge in [0.1, 0.15) is 17.3 Å². The average molecular weight is 369 g/mol. The summed E-state index contributed by atoms with van der Waals surface area (Å²) in [6.45, 7) is 0. The number of nitro groups is 1. The summed E-state index contributed by atoms with van der Waals surface area (Å²) in [6, 6.07) is 9.42. The van der Waals surface area contributed by atoms with E-state index in [0.29, 0.717) is 17.1 Å². The maximum atomic E-state index is 11.6. The number of carboxylic acid groups (broad SMARTS) is 1. The maximum Gasteiger partial charge on any atom is 0.395 e. The molecule has 27 heavy (non-hydrogen) atoms. The Morgan fingerprint density at radius 1 is 1.26 bits per heavy atom. The number of aromatic hydroxyl groups is 1. The van der Waals surface area contributed by atoms with E-state index in [0.717, 1.165) is 0 Å². The van der Waals surface area contributed by atoms with E-state index in [9.17, 15) is 24.8 Å². The fourth-order valence-corrected chi connectivity index (χ4v) is 2.28. The van der Waals surface area contributed by atoms with Gasteiger partial charge in [-0.1, -0.05) is 12.1 Å². The molecule has 0 saturated heterocycles. The molecule has 1 aromatic carbocycles. The topological polar surface area (TPSA) is 160 Å². The second-order valence-electron chi connectivity index (χ2n) is 5.30. The van der Waals surface area contributed by atoms with E-state index >= 15 is 0 Å². The molecule has 0 fully saturated rings. The number of hydrogen-bond donors (Lipinski definition) is 3. The molecule has 2 heterocycles. The molecular weight excluding hydrogens is 358 g/mol. The number of benzene rings is 1. The molecule has 136 valence electrons. The van der Waals surface area contributed by atoms with E-state index in [2.05, 4.69) is 9.97 Å². The van der Waals surface area contributed by atoms with Crippen LogP contribution in [0.25, 0.3) is 23.5 Å². The number of aromatic amines is 1. The number of hydrogen-bond acceptors (Lipinski definition) is 7. The molecule has 2 aromatic heterocycles. The second kappa shape index (κ2) is 6.96. The molecule has 0 aliphatic rings. The highest BCUT2D eigenvalue weighted by Gasteiger charge is 2.21.